The molecule has 0 unspecified atom stereocenters. The predicted octanol–water partition coefficient (Wildman–Crippen LogP) is 0.260. The van der Waals surface area contributed by atoms with E-state index in [1.165, 1.54) is 17.8 Å². The van der Waals surface area contributed by atoms with E-state index in [2.05, 4.69) is 15.8 Å². The molecule has 1 saturated heterocycles. The first-order valence-corrected chi connectivity index (χ1v) is 5.23. The van der Waals surface area contributed by atoms with E-state index in [-0.39, 0.29) is 5.97 Å². The third-order valence-corrected chi connectivity index (χ3v) is 2.49. The quantitative estimate of drug-likeness (QED) is 0.511. The summed E-state index contributed by atoms with van der Waals surface area (Å²) in [5.74, 6) is 0.368. The van der Waals surface area contributed by atoms with Crippen LogP contribution in [0.25, 0.3) is 0 Å². The van der Waals surface area contributed by atoms with E-state index >= 15 is 0 Å². The van der Waals surface area contributed by atoms with Crippen molar-refractivity contribution in [3.63, 3.8) is 0 Å². The maximum atomic E-state index is 11.1. The molecule has 1 aliphatic rings. The summed E-state index contributed by atoms with van der Waals surface area (Å²) in [4.78, 5) is 15.0. The van der Waals surface area contributed by atoms with Crippen LogP contribution in [0.1, 0.15) is 6.92 Å². The van der Waals surface area contributed by atoms with Crippen LogP contribution in [-0.2, 0) is 9.53 Å². The first kappa shape index (κ1) is 10.9. The number of hydrogen-bond acceptors (Lipinski definition) is 5. The zero-order chi connectivity index (χ0) is 10.4. The fourth-order valence-electron chi connectivity index (χ4n) is 0.876. The second-order valence-electron chi connectivity index (χ2n) is 2.49. The maximum Gasteiger partial charge on any atom is 0.332 e. The number of hydrazine groups is 1. The smallest absolute Gasteiger partial charge is 0.332 e. The number of hydrogen-bond donors (Lipinski definition) is 2. The molecule has 14 heavy (non-hydrogen) atoms. The van der Waals surface area contributed by atoms with Crippen molar-refractivity contribution < 1.29 is 9.53 Å². The Kier molecular flexibility index (Phi) is 4.31. The summed E-state index contributed by atoms with van der Waals surface area (Å²) in [6, 6.07) is 0. The van der Waals surface area contributed by atoms with Crippen LogP contribution >= 0.6 is 11.8 Å². The van der Waals surface area contributed by atoms with Gasteiger partial charge in [0.05, 0.1) is 6.61 Å². The van der Waals surface area contributed by atoms with E-state index in [1.54, 1.807) is 14.0 Å². The lowest BCUT2D eigenvalue weighted by molar-refractivity contribution is -0.137. The molecule has 6 heteroatoms. The number of rotatable bonds is 2. The van der Waals surface area contributed by atoms with E-state index in [9.17, 15) is 4.79 Å². The van der Waals surface area contributed by atoms with Crippen molar-refractivity contribution in [3.8, 4) is 0 Å². The first-order chi connectivity index (χ1) is 6.76. The van der Waals surface area contributed by atoms with Crippen LogP contribution in [0.15, 0.2) is 16.8 Å². The average molecular weight is 215 g/mol. The van der Waals surface area contributed by atoms with Crippen molar-refractivity contribution >= 4 is 22.9 Å². The van der Waals surface area contributed by atoms with Gasteiger partial charge in [0, 0.05) is 24.6 Å². The topological polar surface area (TPSA) is 62.7 Å². The normalized spacial score (nSPS) is 21.6. The molecule has 0 bridgehead atoms. The zero-order valence-corrected chi connectivity index (χ0v) is 8.98. The molecule has 0 aromatic rings. The number of carbonyl (C=O) groups is 1. The molecule has 1 fully saturated rings. The van der Waals surface area contributed by atoms with E-state index in [4.69, 9.17) is 4.74 Å². The number of nitrogens with one attached hydrogen (secondary N) is 2. The van der Waals surface area contributed by atoms with Gasteiger partial charge < -0.3 is 10.2 Å². The fourth-order valence-corrected chi connectivity index (χ4v) is 1.58. The van der Waals surface area contributed by atoms with Crippen molar-refractivity contribution in [2.45, 2.75) is 6.92 Å². The Balaban J connectivity index is 2.44. The largest absolute Gasteiger partial charge is 0.463 e. The Morgan fingerprint density at radius 2 is 2.50 bits per heavy atom. The van der Waals surface area contributed by atoms with Gasteiger partial charge >= 0.3 is 5.97 Å². The Labute approximate surface area is 87.0 Å². The van der Waals surface area contributed by atoms with Gasteiger partial charge in [-0.25, -0.2) is 4.79 Å². The summed E-state index contributed by atoms with van der Waals surface area (Å²) in [5.41, 5.74) is 6.51. The standard InChI is InChI=1S/C8H13N3O2S/c1-3-13-7(12)4-6-5-14-8(9-2)11-10-6/h4,10H,3,5H2,1-2H3,(H,9,11)/b6-4+. The molecule has 0 aromatic heterocycles. The van der Waals surface area contributed by atoms with Crippen molar-refractivity contribution in [1.29, 1.82) is 0 Å². The lowest BCUT2D eigenvalue weighted by Crippen LogP contribution is -2.40. The SMILES string of the molecule is CCOC(=O)/C=C1\CSC(=NC)NN1. The second-order valence-corrected chi connectivity index (χ2v) is 3.45. The fraction of sp³-hybridized carbons (Fsp3) is 0.500. The van der Waals surface area contributed by atoms with Gasteiger partial charge in [0.25, 0.3) is 0 Å². The molecular formula is C8H13N3O2S. The molecule has 0 saturated carbocycles. The minimum Gasteiger partial charge on any atom is -0.463 e. The van der Waals surface area contributed by atoms with Crippen LogP contribution in [-0.4, -0.2) is 30.5 Å². The number of ether oxygens (including phenoxy) is 1. The molecule has 2 N–H and O–H groups in total. The van der Waals surface area contributed by atoms with Gasteiger partial charge in [-0.15, -0.1) is 0 Å². The van der Waals surface area contributed by atoms with Crippen molar-refractivity contribution in [1.82, 2.24) is 10.9 Å². The number of amidine groups is 1. The Morgan fingerprint density at radius 1 is 1.71 bits per heavy atom. The predicted molar refractivity (Wildman–Crippen MR) is 56.8 cm³/mol. The summed E-state index contributed by atoms with van der Waals surface area (Å²) in [6.07, 6.45) is 1.44. The summed E-state index contributed by atoms with van der Waals surface area (Å²) < 4.78 is 4.78. The monoisotopic (exact) mass is 215 g/mol. The lowest BCUT2D eigenvalue weighted by atomic mass is 10.4. The van der Waals surface area contributed by atoms with Crippen LogP contribution in [0, 0.1) is 0 Å². The van der Waals surface area contributed by atoms with E-state index in [0.717, 1.165) is 10.9 Å². The Bertz CT molecular complexity index is 264. The molecule has 1 aliphatic heterocycles. The maximum absolute atomic E-state index is 11.1. The van der Waals surface area contributed by atoms with Crippen molar-refractivity contribution in [2.75, 3.05) is 19.4 Å². The summed E-state index contributed by atoms with van der Waals surface area (Å²) in [5, 5.41) is 0.811. The second kappa shape index (κ2) is 5.54. The Morgan fingerprint density at radius 3 is 3.00 bits per heavy atom. The summed E-state index contributed by atoms with van der Waals surface area (Å²) in [6.45, 7) is 2.17. The molecular weight excluding hydrogens is 202 g/mol. The van der Waals surface area contributed by atoms with Gasteiger partial charge in [-0.2, -0.15) is 0 Å². The molecule has 0 spiro atoms. The van der Waals surface area contributed by atoms with E-state index < -0.39 is 0 Å². The highest BCUT2D eigenvalue weighted by Crippen LogP contribution is 2.10. The van der Waals surface area contributed by atoms with E-state index in [0.29, 0.717) is 12.4 Å². The third kappa shape index (κ3) is 3.29. The van der Waals surface area contributed by atoms with Gasteiger partial charge in [0.2, 0.25) is 0 Å². The average Bonchev–Trinajstić information content (AvgIpc) is 2.19. The molecule has 0 aliphatic carbocycles. The number of nitrogens with zero attached hydrogens (tertiary/aromatic N) is 1. The van der Waals surface area contributed by atoms with Gasteiger partial charge in [-0.1, -0.05) is 11.8 Å². The Hall–Kier alpha value is -1.17. The van der Waals surface area contributed by atoms with Crippen LogP contribution in [0.4, 0.5) is 0 Å². The van der Waals surface area contributed by atoms with Gasteiger partial charge in [0.1, 0.15) is 0 Å². The number of thioether (sulfide) groups is 1. The first-order valence-electron chi connectivity index (χ1n) is 4.25. The number of carbonyl (C=O) groups excluding carboxylic acids is 1. The summed E-state index contributed by atoms with van der Waals surface area (Å²) in [7, 11) is 1.71. The minimum atomic E-state index is -0.325. The molecule has 78 valence electrons. The molecule has 5 nitrogen and oxygen atoms in total. The van der Waals surface area contributed by atoms with Gasteiger partial charge in [0.15, 0.2) is 5.17 Å². The number of esters is 1. The molecule has 0 atom stereocenters. The minimum absolute atomic E-state index is 0.325. The van der Waals surface area contributed by atoms with Crippen molar-refractivity contribution in [2.24, 2.45) is 4.99 Å². The van der Waals surface area contributed by atoms with E-state index in [1.807, 2.05) is 0 Å². The highest BCUT2D eigenvalue weighted by molar-refractivity contribution is 8.14. The molecule has 0 radical (unpaired) electrons. The highest BCUT2D eigenvalue weighted by Gasteiger charge is 2.10. The molecule has 1 heterocycles. The van der Waals surface area contributed by atoms with Crippen LogP contribution in [0.5, 0.6) is 0 Å². The van der Waals surface area contributed by atoms with Gasteiger partial charge in [-0.05, 0) is 6.92 Å². The lowest BCUT2D eigenvalue weighted by Gasteiger charge is -2.19. The highest BCUT2D eigenvalue weighted by atomic mass is 32.2. The van der Waals surface area contributed by atoms with Crippen LogP contribution < -0.4 is 10.9 Å². The molecule has 0 aromatic carbocycles. The molecule has 1 rings (SSSR count). The van der Waals surface area contributed by atoms with Gasteiger partial charge in [-0.3, -0.25) is 10.4 Å². The number of aliphatic imine (C=N–C) groups is 1. The zero-order valence-electron chi connectivity index (χ0n) is 8.16. The molecule has 0 amide bonds. The van der Waals surface area contributed by atoms with Crippen LogP contribution in [0.2, 0.25) is 0 Å². The van der Waals surface area contributed by atoms with Crippen LogP contribution in [0.3, 0.4) is 0 Å². The third-order valence-electron chi connectivity index (χ3n) is 1.48. The summed E-state index contributed by atoms with van der Waals surface area (Å²) >= 11 is 1.53. The van der Waals surface area contributed by atoms with Crippen molar-refractivity contribution in [3.05, 3.63) is 11.8 Å².